The van der Waals surface area contributed by atoms with Gasteiger partial charge in [0.2, 0.25) is 17.7 Å². The number of anilines is 1. The molecule has 13 nitrogen and oxygen atoms in total. The largest absolute Gasteiger partial charge is 0.497 e. The monoisotopic (exact) mass is 656 g/mol. The van der Waals surface area contributed by atoms with E-state index < -0.39 is 42.1 Å². The molecule has 0 saturated heterocycles. The van der Waals surface area contributed by atoms with Crippen LogP contribution in [-0.4, -0.2) is 50.0 Å². The number of carbonyl (C=O) groups is 2. The highest BCUT2D eigenvalue weighted by atomic mass is 19.1. The Morgan fingerprint density at radius 2 is 1.67 bits per heavy atom. The van der Waals surface area contributed by atoms with E-state index in [1.165, 1.54) is 24.3 Å². The van der Waals surface area contributed by atoms with Crippen LogP contribution in [0.1, 0.15) is 31.4 Å². The average Bonchev–Trinajstić information content (AvgIpc) is 3.59. The zero-order chi connectivity index (χ0) is 34.2. The molecule has 0 aliphatic carbocycles. The lowest BCUT2D eigenvalue weighted by Crippen LogP contribution is -2.45. The van der Waals surface area contributed by atoms with Gasteiger partial charge in [-0.3, -0.25) is 19.5 Å². The molecule has 5 rings (SSSR count). The summed E-state index contributed by atoms with van der Waals surface area (Å²) in [5.41, 5.74) is 0.676. The van der Waals surface area contributed by atoms with Crippen molar-refractivity contribution in [2.75, 3.05) is 12.4 Å². The number of rotatable bonds is 12. The van der Waals surface area contributed by atoms with Crippen LogP contribution in [0.3, 0.4) is 0 Å². The molecule has 0 aliphatic rings. The van der Waals surface area contributed by atoms with Crippen LogP contribution in [0.4, 0.5) is 14.9 Å². The first kappa shape index (κ1) is 33.5. The number of amides is 2. The maximum atomic E-state index is 13.7. The zero-order valence-electron chi connectivity index (χ0n) is 26.3. The van der Waals surface area contributed by atoms with Gasteiger partial charge in [0.25, 0.3) is 5.56 Å². The average molecular weight is 657 g/mol. The summed E-state index contributed by atoms with van der Waals surface area (Å²) in [6.45, 7) is 2.95. The third-order valence-electron chi connectivity index (χ3n) is 7.32. The van der Waals surface area contributed by atoms with Crippen molar-refractivity contribution in [3.63, 3.8) is 0 Å². The number of methoxy groups -OCH3 is 1. The molecule has 3 N–H and O–H groups in total. The molecule has 2 heterocycles. The van der Waals surface area contributed by atoms with Crippen molar-refractivity contribution >= 4 is 17.7 Å². The summed E-state index contributed by atoms with van der Waals surface area (Å²) in [5.74, 6) is -0.768. The molecule has 0 saturated carbocycles. The molecule has 0 bridgehead atoms. The SMILES string of the molecule is COc1ccc(-c2nnc(C(O)[C@@H](NC(=O)Cn3c(-c4ccc(F)cc4)ncc(NC(=O)OCc4ccccc4)c3=O)C(C)C)o2)cc1. The lowest BCUT2D eigenvalue weighted by atomic mass is 9.98. The van der Waals surface area contributed by atoms with Gasteiger partial charge in [-0.15, -0.1) is 10.2 Å². The molecule has 48 heavy (non-hydrogen) atoms. The van der Waals surface area contributed by atoms with E-state index >= 15 is 0 Å². The van der Waals surface area contributed by atoms with Gasteiger partial charge in [-0.2, -0.15) is 0 Å². The van der Waals surface area contributed by atoms with Crippen molar-refractivity contribution in [2.24, 2.45) is 5.92 Å². The van der Waals surface area contributed by atoms with Crippen molar-refractivity contribution < 1.29 is 33.0 Å². The minimum Gasteiger partial charge on any atom is -0.497 e. The molecule has 2 amide bonds. The first-order valence-electron chi connectivity index (χ1n) is 14.9. The number of ether oxygens (including phenoxy) is 2. The normalized spacial score (nSPS) is 12.3. The minimum atomic E-state index is -1.40. The maximum Gasteiger partial charge on any atom is 0.412 e. The molecule has 1 unspecified atom stereocenters. The zero-order valence-corrected chi connectivity index (χ0v) is 26.3. The number of hydrogen-bond acceptors (Lipinski definition) is 10. The molecule has 2 aromatic heterocycles. The summed E-state index contributed by atoms with van der Waals surface area (Å²) in [4.78, 5) is 43.9. The van der Waals surface area contributed by atoms with Gasteiger partial charge in [0.15, 0.2) is 6.10 Å². The van der Waals surface area contributed by atoms with E-state index in [0.717, 1.165) is 16.3 Å². The van der Waals surface area contributed by atoms with Crippen LogP contribution in [0.25, 0.3) is 22.8 Å². The van der Waals surface area contributed by atoms with Crippen LogP contribution in [-0.2, 0) is 22.7 Å². The highest BCUT2D eigenvalue weighted by Gasteiger charge is 2.31. The molecule has 0 spiro atoms. The fourth-order valence-electron chi connectivity index (χ4n) is 4.77. The molecule has 248 valence electrons. The molecule has 0 aliphatic heterocycles. The van der Waals surface area contributed by atoms with Gasteiger partial charge in [-0.25, -0.2) is 14.2 Å². The smallest absolute Gasteiger partial charge is 0.412 e. The molecule has 2 atom stereocenters. The molecule has 0 radical (unpaired) electrons. The molecule has 0 fully saturated rings. The van der Waals surface area contributed by atoms with E-state index in [2.05, 4.69) is 25.8 Å². The lowest BCUT2D eigenvalue weighted by molar-refractivity contribution is -0.124. The number of nitrogens with one attached hydrogen (secondary N) is 2. The topological polar surface area (TPSA) is 171 Å². The van der Waals surface area contributed by atoms with Gasteiger partial charge < -0.3 is 24.3 Å². The Kier molecular flexibility index (Phi) is 10.6. The summed E-state index contributed by atoms with van der Waals surface area (Å²) in [6, 6.07) is 20.1. The predicted octanol–water partition coefficient (Wildman–Crippen LogP) is 4.73. The first-order valence-corrected chi connectivity index (χ1v) is 14.9. The van der Waals surface area contributed by atoms with E-state index in [1.54, 1.807) is 69.5 Å². The molecule has 3 aromatic carbocycles. The summed E-state index contributed by atoms with van der Waals surface area (Å²) < 4.78 is 30.9. The minimum absolute atomic E-state index is 0.0368. The van der Waals surface area contributed by atoms with Gasteiger partial charge in [0, 0.05) is 11.1 Å². The van der Waals surface area contributed by atoms with Crippen LogP contribution < -0.4 is 20.9 Å². The van der Waals surface area contributed by atoms with Crippen LogP contribution in [0, 0.1) is 11.7 Å². The molecule has 14 heteroatoms. The van der Waals surface area contributed by atoms with Crippen LogP contribution in [0.5, 0.6) is 5.75 Å². The molecule has 5 aromatic rings. The number of halogens is 1. The Hall–Kier alpha value is -5.89. The number of aliphatic hydroxyl groups excluding tert-OH is 1. The Bertz CT molecular complexity index is 1910. The number of benzene rings is 3. The number of hydrogen-bond donors (Lipinski definition) is 3. The summed E-state index contributed by atoms with van der Waals surface area (Å²) in [6.07, 6.45) is -1.16. The quantitative estimate of drug-likeness (QED) is 0.171. The Balaban J connectivity index is 1.36. The highest BCUT2D eigenvalue weighted by Crippen LogP contribution is 2.26. The predicted molar refractivity (Wildman–Crippen MR) is 172 cm³/mol. The Labute approximate surface area is 274 Å². The van der Waals surface area contributed by atoms with Crippen LogP contribution in [0.15, 0.2) is 94.3 Å². The van der Waals surface area contributed by atoms with Gasteiger partial charge >= 0.3 is 6.09 Å². The lowest BCUT2D eigenvalue weighted by Gasteiger charge is -2.26. The van der Waals surface area contributed by atoms with E-state index in [4.69, 9.17) is 13.9 Å². The van der Waals surface area contributed by atoms with Crippen molar-refractivity contribution in [1.82, 2.24) is 25.1 Å². The van der Waals surface area contributed by atoms with E-state index in [9.17, 15) is 23.9 Å². The number of aromatic nitrogens is 4. The van der Waals surface area contributed by atoms with Crippen molar-refractivity contribution in [3.05, 3.63) is 113 Å². The van der Waals surface area contributed by atoms with Crippen molar-refractivity contribution in [1.29, 1.82) is 0 Å². The maximum absolute atomic E-state index is 13.7. The summed E-state index contributed by atoms with van der Waals surface area (Å²) in [7, 11) is 1.55. The molecular weight excluding hydrogens is 623 g/mol. The Morgan fingerprint density at radius 3 is 2.33 bits per heavy atom. The fourth-order valence-corrected chi connectivity index (χ4v) is 4.77. The number of carbonyl (C=O) groups excluding carboxylic acids is 2. The summed E-state index contributed by atoms with van der Waals surface area (Å²) >= 11 is 0. The van der Waals surface area contributed by atoms with Gasteiger partial charge in [-0.1, -0.05) is 44.2 Å². The highest BCUT2D eigenvalue weighted by molar-refractivity contribution is 5.84. The van der Waals surface area contributed by atoms with Crippen molar-refractivity contribution in [3.8, 4) is 28.6 Å². The second-order valence-electron chi connectivity index (χ2n) is 11.0. The third kappa shape index (κ3) is 8.09. The van der Waals surface area contributed by atoms with Crippen molar-refractivity contribution in [2.45, 2.75) is 39.1 Å². The van der Waals surface area contributed by atoms with E-state index in [0.29, 0.717) is 16.9 Å². The first-order chi connectivity index (χ1) is 23.1. The number of nitrogens with zero attached hydrogens (tertiary/aromatic N) is 4. The Morgan fingerprint density at radius 1 is 0.979 bits per heavy atom. The second kappa shape index (κ2) is 15.1. The third-order valence-corrected chi connectivity index (χ3v) is 7.32. The fraction of sp³-hybridized carbons (Fsp3) is 0.235. The summed E-state index contributed by atoms with van der Waals surface area (Å²) in [5, 5.41) is 24.3. The second-order valence-corrected chi connectivity index (χ2v) is 11.0. The van der Waals surface area contributed by atoms with Gasteiger partial charge in [-0.05, 0) is 60.0 Å². The van der Waals surface area contributed by atoms with E-state index in [1.807, 2.05) is 6.07 Å². The standard InChI is InChI=1S/C34H33FN6O7/c1-20(2)28(29(43)32-40-39-31(48-32)23-11-15-25(46-3)16-12-23)38-27(42)18-41-30(22-9-13-24(35)14-10-22)36-17-26(33(41)44)37-34(45)47-19-21-7-5-4-6-8-21/h4-17,20,28-29,43H,18-19H2,1-3H3,(H,37,45)(H,38,42)/t28-,29?/m0/s1. The molecular formula is C34H33FN6O7. The van der Waals surface area contributed by atoms with Gasteiger partial charge in [0.1, 0.15) is 36.2 Å². The van der Waals surface area contributed by atoms with Gasteiger partial charge in [0.05, 0.1) is 19.3 Å². The van der Waals surface area contributed by atoms with Crippen LogP contribution >= 0.6 is 0 Å². The number of aliphatic hydroxyl groups is 1. The van der Waals surface area contributed by atoms with Crippen LogP contribution in [0.2, 0.25) is 0 Å². The van der Waals surface area contributed by atoms with E-state index in [-0.39, 0.29) is 35.8 Å².